The van der Waals surface area contributed by atoms with Crippen molar-refractivity contribution in [1.82, 2.24) is 19.8 Å². The summed E-state index contributed by atoms with van der Waals surface area (Å²) < 4.78 is 27.9. The van der Waals surface area contributed by atoms with Crippen molar-refractivity contribution >= 4 is 23.3 Å². The number of aromatic nitrogens is 2. The van der Waals surface area contributed by atoms with E-state index in [9.17, 15) is 8.78 Å². The molecule has 0 spiro atoms. The van der Waals surface area contributed by atoms with Crippen molar-refractivity contribution in [2.45, 2.75) is 59.4 Å². The number of unbranched alkanes of at least 4 members (excludes halogenated alkanes) is 2. The third-order valence-corrected chi connectivity index (χ3v) is 6.02. The summed E-state index contributed by atoms with van der Waals surface area (Å²) in [6.07, 6.45) is 9.93. The average molecular weight is 549 g/mol. The Morgan fingerprint density at radius 1 is 1.11 bits per heavy atom. The predicted molar refractivity (Wildman–Crippen MR) is 157 cm³/mol. The number of anilines is 1. The van der Waals surface area contributed by atoms with Crippen LogP contribution in [0.15, 0.2) is 55.4 Å². The van der Waals surface area contributed by atoms with Gasteiger partial charge in [-0.2, -0.15) is 4.98 Å². The van der Waals surface area contributed by atoms with Crippen LogP contribution in [0.4, 0.5) is 14.6 Å². The number of amidine groups is 1. The van der Waals surface area contributed by atoms with E-state index in [1.165, 1.54) is 18.2 Å². The summed E-state index contributed by atoms with van der Waals surface area (Å²) in [5.41, 5.74) is 1.52. The van der Waals surface area contributed by atoms with E-state index in [2.05, 4.69) is 30.0 Å². The molecule has 38 heavy (non-hydrogen) atoms. The number of imidazole rings is 1. The highest BCUT2D eigenvalue weighted by molar-refractivity contribution is 6.28. The molecule has 0 saturated carbocycles. The molecule has 1 aromatic heterocycles. The monoisotopic (exact) mass is 548 g/mol. The first-order chi connectivity index (χ1) is 18.2. The normalized spacial score (nSPS) is 10.9. The molecule has 0 amide bonds. The van der Waals surface area contributed by atoms with Crippen molar-refractivity contribution < 1.29 is 8.78 Å². The molecule has 0 unspecified atom stereocenters. The van der Waals surface area contributed by atoms with Crippen LogP contribution in [-0.2, 0) is 6.54 Å². The average Bonchev–Trinajstić information content (AvgIpc) is 3.30. The molecule has 6 nitrogen and oxygen atoms in total. The van der Waals surface area contributed by atoms with Gasteiger partial charge in [0, 0.05) is 45.5 Å². The van der Waals surface area contributed by atoms with E-state index in [0.29, 0.717) is 24.5 Å². The maximum Gasteiger partial charge on any atom is 0.202 e. The number of benzene rings is 1. The summed E-state index contributed by atoms with van der Waals surface area (Å²) in [6.45, 7) is 15.4. The number of hydrogen-bond donors (Lipinski definition) is 2. The topological polar surface area (TPSA) is 62.3 Å². The molecule has 0 aliphatic heterocycles. The number of aromatic amines is 1. The van der Waals surface area contributed by atoms with Crippen molar-refractivity contribution in [3.8, 4) is 0 Å². The van der Waals surface area contributed by atoms with E-state index in [4.69, 9.17) is 17.0 Å². The van der Waals surface area contributed by atoms with Crippen LogP contribution in [0.3, 0.4) is 0 Å². The SMILES string of the molecule is C=C/C(=C\N(C)Cc1c(F)cccc1F)CCCN(C)C(=N)c1[nH]c(Cl)nc1N(C=C)CCCCC.CC. The van der Waals surface area contributed by atoms with E-state index in [1.54, 1.807) is 24.2 Å². The minimum absolute atomic E-state index is 0.0325. The Hall–Kier alpha value is -3.13. The van der Waals surface area contributed by atoms with Crippen LogP contribution in [0.5, 0.6) is 0 Å². The molecule has 2 N–H and O–H groups in total. The maximum absolute atomic E-state index is 14.0. The van der Waals surface area contributed by atoms with E-state index in [-0.39, 0.29) is 23.2 Å². The fourth-order valence-corrected chi connectivity index (χ4v) is 4.00. The fraction of sp³-hybridized carbons (Fsp3) is 0.448. The first-order valence-corrected chi connectivity index (χ1v) is 13.5. The summed E-state index contributed by atoms with van der Waals surface area (Å²) in [5, 5.41) is 8.93. The van der Waals surface area contributed by atoms with Gasteiger partial charge in [-0.3, -0.25) is 5.41 Å². The standard InChI is InChI=1S/C27H37ClF2N6.C2H6/c1-6-9-10-17-36(8-3)26-24(32-27(28)33-26)25(31)35(5)16-12-13-20(7-2)18-34(4)19-21-22(29)14-11-15-23(21)30;1-2/h7-8,11,14-15,18,31H,2-3,6,9-10,12-13,16-17,19H2,1,4-5H3,(H,32,33);1-2H3/b20-18+,31-25?;. The number of allylic oxidation sites excluding steroid dienone is 2. The van der Waals surface area contributed by atoms with Gasteiger partial charge in [0.1, 0.15) is 23.2 Å². The third kappa shape index (κ3) is 9.97. The minimum Gasteiger partial charge on any atom is -0.376 e. The molecule has 0 aliphatic rings. The molecule has 0 atom stereocenters. The van der Waals surface area contributed by atoms with E-state index >= 15 is 0 Å². The second kappa shape index (κ2) is 17.4. The zero-order chi connectivity index (χ0) is 28.7. The van der Waals surface area contributed by atoms with Crippen LogP contribution in [0.25, 0.3) is 0 Å². The Morgan fingerprint density at radius 2 is 1.76 bits per heavy atom. The van der Waals surface area contributed by atoms with Crippen LogP contribution in [0, 0.1) is 17.0 Å². The Labute approximate surface area is 232 Å². The van der Waals surface area contributed by atoms with Crippen LogP contribution >= 0.6 is 11.6 Å². The quantitative estimate of drug-likeness (QED) is 0.103. The lowest BCUT2D eigenvalue weighted by atomic mass is 10.1. The zero-order valence-electron chi connectivity index (χ0n) is 23.5. The molecule has 1 aromatic carbocycles. The summed E-state index contributed by atoms with van der Waals surface area (Å²) in [6, 6.07) is 3.87. The fourth-order valence-electron chi connectivity index (χ4n) is 3.83. The molecular weight excluding hydrogens is 506 g/mol. The molecule has 210 valence electrons. The Balaban J connectivity index is 0.00000352. The molecule has 1 heterocycles. The van der Waals surface area contributed by atoms with E-state index < -0.39 is 11.6 Å². The lowest BCUT2D eigenvalue weighted by Gasteiger charge is -2.23. The van der Waals surface area contributed by atoms with Gasteiger partial charge in [-0.25, -0.2) is 8.78 Å². The number of nitrogens with one attached hydrogen (secondary N) is 2. The van der Waals surface area contributed by atoms with Gasteiger partial charge < -0.3 is 19.7 Å². The molecule has 0 bridgehead atoms. The van der Waals surface area contributed by atoms with Gasteiger partial charge in [-0.1, -0.05) is 58.9 Å². The van der Waals surface area contributed by atoms with Crippen LogP contribution in [0.1, 0.15) is 64.1 Å². The van der Waals surface area contributed by atoms with Crippen LogP contribution < -0.4 is 4.90 Å². The van der Waals surface area contributed by atoms with Gasteiger partial charge in [0.25, 0.3) is 0 Å². The molecule has 0 saturated heterocycles. The number of nitrogens with zero attached hydrogens (tertiary/aromatic N) is 4. The highest BCUT2D eigenvalue weighted by Gasteiger charge is 2.20. The van der Waals surface area contributed by atoms with Gasteiger partial charge in [0.05, 0.1) is 0 Å². The third-order valence-electron chi connectivity index (χ3n) is 5.85. The Morgan fingerprint density at radius 3 is 2.34 bits per heavy atom. The van der Waals surface area contributed by atoms with Crippen molar-refractivity contribution in [2.75, 3.05) is 32.1 Å². The predicted octanol–water partition coefficient (Wildman–Crippen LogP) is 7.75. The molecule has 2 rings (SSSR count). The lowest BCUT2D eigenvalue weighted by molar-refractivity contribution is 0.415. The lowest BCUT2D eigenvalue weighted by Crippen LogP contribution is -2.30. The largest absolute Gasteiger partial charge is 0.376 e. The van der Waals surface area contributed by atoms with Gasteiger partial charge in [-0.05, 0) is 54.8 Å². The summed E-state index contributed by atoms with van der Waals surface area (Å²) in [4.78, 5) is 12.9. The van der Waals surface area contributed by atoms with Crippen molar-refractivity contribution in [1.29, 1.82) is 5.41 Å². The van der Waals surface area contributed by atoms with Crippen molar-refractivity contribution in [3.05, 3.63) is 83.6 Å². The number of H-pyrrole nitrogens is 1. The molecule has 9 heteroatoms. The first-order valence-electron chi connectivity index (χ1n) is 13.1. The zero-order valence-corrected chi connectivity index (χ0v) is 24.2. The Kier molecular flexibility index (Phi) is 15.1. The maximum atomic E-state index is 14.0. The molecule has 0 aliphatic carbocycles. The number of hydrogen-bond acceptors (Lipinski definition) is 4. The van der Waals surface area contributed by atoms with Crippen molar-refractivity contribution in [2.24, 2.45) is 0 Å². The highest BCUT2D eigenvalue weighted by Crippen LogP contribution is 2.23. The summed E-state index contributed by atoms with van der Waals surface area (Å²) in [5.74, 6) is -0.247. The summed E-state index contributed by atoms with van der Waals surface area (Å²) >= 11 is 6.15. The van der Waals surface area contributed by atoms with E-state index in [1.807, 2.05) is 36.9 Å². The van der Waals surface area contributed by atoms with Gasteiger partial charge >= 0.3 is 0 Å². The molecule has 2 aromatic rings. The molecule has 0 radical (unpaired) electrons. The summed E-state index contributed by atoms with van der Waals surface area (Å²) in [7, 11) is 3.62. The van der Waals surface area contributed by atoms with Crippen molar-refractivity contribution in [3.63, 3.8) is 0 Å². The minimum atomic E-state index is -0.561. The first kappa shape index (κ1) is 32.9. The van der Waals surface area contributed by atoms with Crippen LogP contribution in [-0.4, -0.2) is 52.8 Å². The molecule has 0 fully saturated rings. The van der Waals surface area contributed by atoms with E-state index in [0.717, 1.165) is 37.8 Å². The Bertz CT molecular complexity index is 1050. The van der Waals surface area contributed by atoms with Crippen LogP contribution in [0.2, 0.25) is 5.28 Å². The van der Waals surface area contributed by atoms with Gasteiger partial charge in [0.2, 0.25) is 5.28 Å². The smallest absolute Gasteiger partial charge is 0.202 e. The second-order valence-electron chi connectivity index (χ2n) is 8.71. The number of rotatable bonds is 15. The molecular formula is C29H43ClF2N6. The van der Waals surface area contributed by atoms with Gasteiger partial charge in [0.15, 0.2) is 5.82 Å². The number of halogens is 3. The van der Waals surface area contributed by atoms with Gasteiger partial charge in [-0.15, -0.1) is 0 Å². The second-order valence-corrected chi connectivity index (χ2v) is 9.06. The highest BCUT2D eigenvalue weighted by atomic mass is 35.5.